The first-order valence-electron chi connectivity index (χ1n) is 34.8. The van der Waals surface area contributed by atoms with Gasteiger partial charge in [-0.2, -0.15) is 0 Å². The molecule has 0 rings (SSSR count). The van der Waals surface area contributed by atoms with E-state index >= 15 is 0 Å². The van der Waals surface area contributed by atoms with E-state index in [4.69, 9.17) is 14.2 Å². The Morgan fingerprint density at radius 1 is 0.266 bits per heavy atom. The number of rotatable bonds is 64. The zero-order valence-electron chi connectivity index (χ0n) is 52.9. The van der Waals surface area contributed by atoms with E-state index in [9.17, 15) is 14.4 Å². The molecule has 0 aromatic heterocycles. The average molecular weight is 1110 g/mol. The number of carbonyl (C=O) groups excluding carboxylic acids is 3. The van der Waals surface area contributed by atoms with Crippen LogP contribution in [0.3, 0.4) is 0 Å². The van der Waals surface area contributed by atoms with Crippen LogP contribution in [0.25, 0.3) is 0 Å². The van der Waals surface area contributed by atoms with Crippen LogP contribution in [-0.2, 0) is 28.6 Å². The van der Waals surface area contributed by atoms with Gasteiger partial charge in [-0.15, -0.1) is 0 Å². The highest BCUT2D eigenvalue weighted by atomic mass is 16.6. The van der Waals surface area contributed by atoms with Crippen molar-refractivity contribution in [2.24, 2.45) is 0 Å². The molecule has 0 radical (unpaired) electrons. The smallest absolute Gasteiger partial charge is 0.306 e. The molecule has 1 unspecified atom stereocenters. The summed E-state index contributed by atoms with van der Waals surface area (Å²) >= 11 is 0. The van der Waals surface area contributed by atoms with E-state index < -0.39 is 6.10 Å². The topological polar surface area (TPSA) is 78.9 Å². The first kappa shape index (κ1) is 76.1. The maximum Gasteiger partial charge on any atom is 0.306 e. The molecule has 0 spiro atoms. The molecule has 0 amide bonds. The van der Waals surface area contributed by atoms with E-state index in [1.165, 1.54) is 238 Å². The minimum absolute atomic E-state index is 0.0701. The van der Waals surface area contributed by atoms with Gasteiger partial charge in [-0.1, -0.05) is 326 Å². The number of ether oxygens (including phenoxy) is 3. The predicted octanol–water partition coefficient (Wildman–Crippen LogP) is 23.9. The van der Waals surface area contributed by atoms with Crippen molar-refractivity contribution in [3.8, 4) is 0 Å². The van der Waals surface area contributed by atoms with Crippen molar-refractivity contribution in [1.29, 1.82) is 0 Å². The van der Waals surface area contributed by atoms with Crippen LogP contribution in [0, 0.1) is 0 Å². The summed E-state index contributed by atoms with van der Waals surface area (Å²) in [6.07, 6.45) is 87.4. The van der Waals surface area contributed by atoms with E-state index in [-0.39, 0.29) is 31.1 Å². The minimum Gasteiger partial charge on any atom is -0.462 e. The number of hydrogen-bond acceptors (Lipinski definition) is 6. The van der Waals surface area contributed by atoms with Crippen molar-refractivity contribution in [2.45, 2.75) is 374 Å². The summed E-state index contributed by atoms with van der Waals surface area (Å²) in [6.45, 7) is 6.50. The molecule has 0 heterocycles. The average Bonchev–Trinajstić information content (AvgIpc) is 3.45. The van der Waals surface area contributed by atoms with Crippen molar-refractivity contribution in [3.05, 3.63) is 60.8 Å². The molecule has 79 heavy (non-hydrogen) atoms. The molecule has 0 fully saturated rings. The Balaban J connectivity index is 3.95. The summed E-state index contributed by atoms with van der Waals surface area (Å²) in [4.78, 5) is 38.0. The van der Waals surface area contributed by atoms with Crippen molar-refractivity contribution in [2.75, 3.05) is 13.2 Å². The zero-order valence-corrected chi connectivity index (χ0v) is 52.9. The summed E-state index contributed by atoms with van der Waals surface area (Å²) in [7, 11) is 0. The van der Waals surface area contributed by atoms with Gasteiger partial charge in [0.1, 0.15) is 13.2 Å². The second-order valence-electron chi connectivity index (χ2n) is 23.4. The van der Waals surface area contributed by atoms with Crippen LogP contribution in [0.2, 0.25) is 0 Å². The normalized spacial score (nSPS) is 12.4. The molecule has 460 valence electrons. The third kappa shape index (κ3) is 65.8. The fraction of sp³-hybridized carbons (Fsp3) is 0.822. The highest BCUT2D eigenvalue weighted by Gasteiger charge is 2.19. The molecular formula is C73H132O6. The summed E-state index contributed by atoms with van der Waals surface area (Å²) in [5.74, 6) is -0.865. The molecule has 0 saturated carbocycles. The van der Waals surface area contributed by atoms with Gasteiger partial charge in [-0.25, -0.2) is 0 Å². The van der Waals surface area contributed by atoms with Crippen LogP contribution in [0.5, 0.6) is 0 Å². The first-order chi connectivity index (χ1) is 39.0. The molecule has 0 aliphatic rings. The second-order valence-corrected chi connectivity index (χ2v) is 23.4. The third-order valence-corrected chi connectivity index (χ3v) is 15.5. The summed E-state index contributed by atoms with van der Waals surface area (Å²) in [5, 5.41) is 0. The van der Waals surface area contributed by atoms with Gasteiger partial charge in [0.15, 0.2) is 6.10 Å². The van der Waals surface area contributed by atoms with Gasteiger partial charge in [0, 0.05) is 19.3 Å². The standard InChI is InChI=1S/C73H132O6/c1-4-7-10-13-15-17-19-21-23-25-27-29-31-33-35-36-38-39-41-43-45-47-49-51-53-55-57-60-63-66-72(75)78-69-70(68-77-71(74)65-62-59-12-9-6-3)79-73(76)67-64-61-58-56-54-52-50-48-46-44-42-40-37-34-32-30-28-26-24-22-20-18-16-14-11-8-5-2/h8,11,16,18,22,24-25,27-28,30,70H,4-7,9-10,12-15,17,19-21,23,26,29,31-69H2,1-3H3/b11-8-,18-16-,24-22-,27-25-,30-28-. The first-order valence-corrected chi connectivity index (χ1v) is 34.8. The van der Waals surface area contributed by atoms with Crippen molar-refractivity contribution < 1.29 is 28.6 Å². The van der Waals surface area contributed by atoms with Crippen LogP contribution in [-0.4, -0.2) is 37.2 Å². The maximum absolute atomic E-state index is 12.9. The number of carbonyl (C=O) groups is 3. The third-order valence-electron chi connectivity index (χ3n) is 15.5. The van der Waals surface area contributed by atoms with Gasteiger partial charge in [-0.3, -0.25) is 14.4 Å². The molecule has 6 nitrogen and oxygen atoms in total. The van der Waals surface area contributed by atoms with E-state index in [1.807, 2.05) is 0 Å². The summed E-state index contributed by atoms with van der Waals surface area (Å²) < 4.78 is 16.8. The molecule has 0 aliphatic carbocycles. The monoisotopic (exact) mass is 1110 g/mol. The lowest BCUT2D eigenvalue weighted by molar-refractivity contribution is -0.167. The van der Waals surface area contributed by atoms with Gasteiger partial charge < -0.3 is 14.2 Å². The van der Waals surface area contributed by atoms with Crippen molar-refractivity contribution >= 4 is 17.9 Å². The van der Waals surface area contributed by atoms with Gasteiger partial charge in [0.25, 0.3) is 0 Å². The molecule has 0 aromatic rings. The van der Waals surface area contributed by atoms with Crippen molar-refractivity contribution in [3.63, 3.8) is 0 Å². The molecule has 1 atom stereocenters. The molecule has 0 aliphatic heterocycles. The van der Waals surface area contributed by atoms with E-state index in [2.05, 4.69) is 81.5 Å². The molecule has 0 saturated heterocycles. The van der Waals surface area contributed by atoms with Crippen LogP contribution >= 0.6 is 0 Å². The Hall–Kier alpha value is -2.89. The lowest BCUT2D eigenvalue weighted by Crippen LogP contribution is -2.30. The van der Waals surface area contributed by atoms with Gasteiger partial charge in [-0.05, 0) is 83.5 Å². The number of esters is 3. The van der Waals surface area contributed by atoms with E-state index in [1.54, 1.807) is 0 Å². The minimum atomic E-state index is -0.770. The zero-order chi connectivity index (χ0) is 57.1. The summed E-state index contributed by atoms with van der Waals surface area (Å²) in [5.41, 5.74) is 0. The molecule has 6 heteroatoms. The second kappa shape index (κ2) is 67.6. The number of allylic oxidation sites excluding steroid dienone is 10. The highest BCUT2D eigenvalue weighted by Crippen LogP contribution is 2.18. The Morgan fingerprint density at radius 3 is 0.785 bits per heavy atom. The lowest BCUT2D eigenvalue weighted by Gasteiger charge is -2.18. The Bertz CT molecular complexity index is 1410. The molecular weight excluding hydrogens is 973 g/mol. The van der Waals surface area contributed by atoms with Gasteiger partial charge in [0.05, 0.1) is 0 Å². The maximum atomic E-state index is 12.9. The summed E-state index contributed by atoms with van der Waals surface area (Å²) in [6, 6.07) is 0. The van der Waals surface area contributed by atoms with Crippen molar-refractivity contribution in [1.82, 2.24) is 0 Å². The molecule has 0 aromatic carbocycles. The van der Waals surface area contributed by atoms with Crippen LogP contribution in [0.4, 0.5) is 0 Å². The fourth-order valence-corrected chi connectivity index (χ4v) is 10.3. The van der Waals surface area contributed by atoms with Crippen LogP contribution in [0.15, 0.2) is 60.8 Å². The number of hydrogen-bond donors (Lipinski definition) is 0. The highest BCUT2D eigenvalue weighted by molar-refractivity contribution is 5.71. The largest absolute Gasteiger partial charge is 0.462 e. The SMILES string of the molecule is CC/C=C\C/C=C\C/C=C\C/C=C\CCCCCCCCCCCCCCCCC(=O)OC(COC(=O)CCCCCCC)COC(=O)CCCCCCCCCCCCCCCCCCC/C=C\CCCCCCCCCC. The molecule has 0 bridgehead atoms. The van der Waals surface area contributed by atoms with Gasteiger partial charge >= 0.3 is 17.9 Å². The van der Waals surface area contributed by atoms with E-state index in [0.29, 0.717) is 19.3 Å². The van der Waals surface area contributed by atoms with Gasteiger partial charge in [0.2, 0.25) is 0 Å². The predicted molar refractivity (Wildman–Crippen MR) is 344 cm³/mol. The molecule has 0 N–H and O–H groups in total. The number of unbranched alkanes of at least 4 members (excludes halogenated alkanes) is 43. The van der Waals surface area contributed by atoms with Crippen LogP contribution < -0.4 is 0 Å². The Morgan fingerprint density at radius 2 is 0.494 bits per heavy atom. The Labute approximate surface area is 491 Å². The fourth-order valence-electron chi connectivity index (χ4n) is 10.3. The lowest BCUT2D eigenvalue weighted by atomic mass is 10.0. The van der Waals surface area contributed by atoms with E-state index in [0.717, 1.165) is 89.9 Å². The van der Waals surface area contributed by atoms with Crippen LogP contribution in [0.1, 0.15) is 367 Å². The quantitative estimate of drug-likeness (QED) is 0.0261. The Kier molecular flexibility index (Phi) is 65.1.